The molecule has 0 saturated heterocycles. The highest BCUT2D eigenvalue weighted by Gasteiger charge is 2.29. The van der Waals surface area contributed by atoms with Gasteiger partial charge in [-0.3, -0.25) is 4.98 Å². The van der Waals surface area contributed by atoms with Gasteiger partial charge in [-0.05, 0) is 69.7 Å². The number of hydrogen-bond acceptors (Lipinski definition) is 9. The van der Waals surface area contributed by atoms with Gasteiger partial charge in [-0.15, -0.1) is 11.3 Å². The Morgan fingerprint density at radius 3 is 2.44 bits per heavy atom. The topological polar surface area (TPSA) is 128 Å². The third-order valence-corrected chi connectivity index (χ3v) is 8.29. The molecule has 4 aromatic rings. The van der Waals surface area contributed by atoms with Crippen molar-refractivity contribution in [2.45, 2.75) is 92.3 Å². The van der Waals surface area contributed by atoms with E-state index in [9.17, 15) is 14.7 Å². The summed E-state index contributed by atoms with van der Waals surface area (Å²) in [6.07, 6.45) is 1.89. The zero-order valence-electron chi connectivity index (χ0n) is 27.7. The van der Waals surface area contributed by atoms with Crippen LogP contribution in [0.4, 0.5) is 4.79 Å². The SMILES string of the molecule is CCn1c(-c2cccnc2C(C)C)c(CC(C)(C)CO)c2nc(-c3csc(C[C@H](NC(=O)OC(C)(C)C)C(=O)OC)n3)ccc21. The molecule has 4 heterocycles. The van der Waals surface area contributed by atoms with Crippen molar-refractivity contribution in [2.75, 3.05) is 13.7 Å². The van der Waals surface area contributed by atoms with Crippen LogP contribution >= 0.6 is 11.3 Å². The molecule has 0 aliphatic carbocycles. The Hall–Kier alpha value is -3.83. The second kappa shape index (κ2) is 13.7. The number of esters is 1. The molecule has 0 bridgehead atoms. The van der Waals surface area contributed by atoms with Gasteiger partial charge in [0.2, 0.25) is 0 Å². The molecule has 11 heteroatoms. The predicted molar refractivity (Wildman–Crippen MR) is 177 cm³/mol. The fraction of sp³-hybridized carbons (Fsp3) is 0.500. The second-order valence-corrected chi connectivity index (χ2v) is 14.2. The number of nitrogens with one attached hydrogen (secondary N) is 1. The van der Waals surface area contributed by atoms with E-state index in [-0.39, 0.29) is 24.4 Å². The Labute approximate surface area is 269 Å². The number of ether oxygens (including phenoxy) is 2. The first-order valence-corrected chi connectivity index (χ1v) is 16.2. The van der Waals surface area contributed by atoms with Crippen LogP contribution in [-0.2, 0) is 33.7 Å². The summed E-state index contributed by atoms with van der Waals surface area (Å²) in [7, 11) is 1.28. The first kappa shape index (κ1) is 34.1. The lowest BCUT2D eigenvalue weighted by atomic mass is 9.85. The maximum Gasteiger partial charge on any atom is 0.408 e. The number of carbonyl (C=O) groups is 2. The number of thiazole rings is 1. The highest BCUT2D eigenvalue weighted by molar-refractivity contribution is 7.10. The van der Waals surface area contributed by atoms with Crippen LogP contribution in [0, 0.1) is 5.41 Å². The van der Waals surface area contributed by atoms with Gasteiger partial charge >= 0.3 is 12.1 Å². The molecule has 0 aliphatic heterocycles. The average molecular weight is 636 g/mol. The fourth-order valence-electron chi connectivity index (χ4n) is 5.33. The Morgan fingerprint density at radius 2 is 1.82 bits per heavy atom. The van der Waals surface area contributed by atoms with Crippen molar-refractivity contribution in [1.29, 1.82) is 0 Å². The van der Waals surface area contributed by atoms with E-state index in [2.05, 4.69) is 56.6 Å². The zero-order chi connectivity index (χ0) is 33.1. The molecule has 4 rings (SSSR count). The summed E-state index contributed by atoms with van der Waals surface area (Å²) in [4.78, 5) is 39.6. The van der Waals surface area contributed by atoms with Crippen molar-refractivity contribution in [1.82, 2.24) is 24.8 Å². The Kier molecular flexibility index (Phi) is 10.3. The van der Waals surface area contributed by atoms with Crippen molar-refractivity contribution in [3.63, 3.8) is 0 Å². The number of rotatable bonds is 11. The van der Waals surface area contributed by atoms with Gasteiger partial charge in [0.1, 0.15) is 11.6 Å². The summed E-state index contributed by atoms with van der Waals surface area (Å²) in [6.45, 7) is 16.6. The Balaban J connectivity index is 1.78. The van der Waals surface area contributed by atoms with Crippen LogP contribution in [0.15, 0.2) is 35.8 Å². The quantitative estimate of drug-likeness (QED) is 0.178. The summed E-state index contributed by atoms with van der Waals surface area (Å²) in [5, 5.41) is 15.4. The predicted octanol–water partition coefficient (Wildman–Crippen LogP) is 6.53. The van der Waals surface area contributed by atoms with Gasteiger partial charge < -0.3 is 24.5 Å². The molecule has 10 nitrogen and oxygen atoms in total. The molecule has 242 valence electrons. The minimum absolute atomic E-state index is 0.0309. The summed E-state index contributed by atoms with van der Waals surface area (Å²) in [6, 6.07) is 7.17. The average Bonchev–Trinajstić information content (AvgIpc) is 3.57. The standard InChI is InChI=1S/C34H45N5O5S/c1-10-39-26-14-13-23(25-18-45-27(36-25)16-24(31(41)43-9)38-32(42)44-33(4,5)6)37-29(26)22(17-34(7,8)19-40)30(39)21-12-11-15-35-28(21)20(2)3/h11-15,18,20,24,40H,10,16-17,19H2,1-9H3,(H,38,42)/t24-/m0/s1. The number of fused-ring (bicyclic) bond motifs is 1. The number of methoxy groups -OCH3 is 1. The van der Waals surface area contributed by atoms with Crippen molar-refractivity contribution < 1.29 is 24.2 Å². The fourth-order valence-corrected chi connectivity index (χ4v) is 6.16. The van der Waals surface area contributed by atoms with Crippen molar-refractivity contribution in [3.05, 3.63) is 52.1 Å². The van der Waals surface area contributed by atoms with Crippen LogP contribution in [0.25, 0.3) is 33.7 Å². The first-order chi connectivity index (χ1) is 21.2. The Bertz CT molecular complexity index is 1670. The van der Waals surface area contributed by atoms with Gasteiger partial charge in [-0.25, -0.2) is 19.6 Å². The molecule has 0 radical (unpaired) electrons. The van der Waals surface area contributed by atoms with Crippen LogP contribution in [0.2, 0.25) is 0 Å². The van der Waals surface area contributed by atoms with E-state index in [1.807, 2.05) is 23.7 Å². The molecular weight excluding hydrogens is 590 g/mol. The lowest BCUT2D eigenvalue weighted by Gasteiger charge is -2.23. The van der Waals surface area contributed by atoms with E-state index in [1.165, 1.54) is 18.4 Å². The van der Waals surface area contributed by atoms with Gasteiger partial charge in [0.05, 0.1) is 45.9 Å². The molecule has 45 heavy (non-hydrogen) atoms. The smallest absolute Gasteiger partial charge is 0.408 e. The van der Waals surface area contributed by atoms with E-state index in [0.29, 0.717) is 22.8 Å². The number of hydrogen-bond donors (Lipinski definition) is 2. The summed E-state index contributed by atoms with van der Waals surface area (Å²) < 4.78 is 12.6. The highest BCUT2D eigenvalue weighted by Crippen LogP contribution is 2.40. The highest BCUT2D eigenvalue weighted by atomic mass is 32.1. The molecule has 0 unspecified atom stereocenters. The lowest BCUT2D eigenvalue weighted by Crippen LogP contribution is -2.45. The van der Waals surface area contributed by atoms with Crippen molar-refractivity contribution >= 4 is 34.4 Å². The second-order valence-electron chi connectivity index (χ2n) is 13.3. The van der Waals surface area contributed by atoms with Gasteiger partial charge in [-0.1, -0.05) is 27.7 Å². The maximum atomic E-state index is 12.5. The number of aryl methyl sites for hydroxylation is 1. The number of pyridine rings is 2. The molecule has 4 aromatic heterocycles. The number of aromatic nitrogens is 4. The van der Waals surface area contributed by atoms with Gasteiger partial charge in [0, 0.05) is 42.3 Å². The molecule has 2 N–H and O–H groups in total. The van der Waals surface area contributed by atoms with Crippen LogP contribution in [0.1, 0.15) is 77.6 Å². The molecule has 1 amide bonds. The van der Waals surface area contributed by atoms with E-state index in [0.717, 1.165) is 40.1 Å². The molecule has 0 saturated carbocycles. The summed E-state index contributed by atoms with van der Waals surface area (Å²) in [5.41, 5.74) is 6.35. The molecular formula is C34H45N5O5S. The molecule has 0 spiro atoms. The van der Waals surface area contributed by atoms with Crippen LogP contribution in [-0.4, -0.2) is 62.0 Å². The number of carbonyl (C=O) groups excluding carboxylic acids is 2. The minimum Gasteiger partial charge on any atom is -0.467 e. The molecule has 0 aromatic carbocycles. The monoisotopic (exact) mass is 635 g/mol. The maximum absolute atomic E-state index is 12.5. The van der Waals surface area contributed by atoms with Gasteiger partial charge in [0.15, 0.2) is 0 Å². The number of amides is 1. The normalized spacial score (nSPS) is 12.9. The van der Waals surface area contributed by atoms with E-state index >= 15 is 0 Å². The largest absolute Gasteiger partial charge is 0.467 e. The van der Waals surface area contributed by atoms with Crippen molar-refractivity contribution in [2.24, 2.45) is 5.41 Å². The summed E-state index contributed by atoms with van der Waals surface area (Å²) in [5.74, 6) is -0.364. The Morgan fingerprint density at radius 1 is 1.09 bits per heavy atom. The van der Waals surface area contributed by atoms with E-state index in [4.69, 9.17) is 24.4 Å². The van der Waals surface area contributed by atoms with Crippen LogP contribution < -0.4 is 5.32 Å². The van der Waals surface area contributed by atoms with Crippen LogP contribution in [0.3, 0.4) is 0 Å². The molecule has 1 atom stereocenters. The van der Waals surface area contributed by atoms with Gasteiger partial charge in [-0.2, -0.15) is 0 Å². The lowest BCUT2D eigenvalue weighted by molar-refractivity contribution is -0.143. The number of aliphatic hydroxyl groups is 1. The molecule has 0 aliphatic rings. The van der Waals surface area contributed by atoms with E-state index < -0.39 is 23.7 Å². The number of aliphatic hydroxyl groups excluding tert-OH is 1. The van der Waals surface area contributed by atoms with Crippen LogP contribution in [0.5, 0.6) is 0 Å². The first-order valence-electron chi connectivity index (χ1n) is 15.3. The minimum atomic E-state index is -0.956. The number of alkyl carbamates (subject to hydrolysis) is 1. The third kappa shape index (κ3) is 7.88. The molecule has 0 fully saturated rings. The zero-order valence-corrected chi connectivity index (χ0v) is 28.5. The number of nitrogens with zero attached hydrogens (tertiary/aromatic N) is 4. The van der Waals surface area contributed by atoms with E-state index in [1.54, 1.807) is 20.8 Å². The van der Waals surface area contributed by atoms with Crippen molar-refractivity contribution in [3.8, 4) is 22.6 Å². The third-order valence-electron chi connectivity index (χ3n) is 7.42. The summed E-state index contributed by atoms with van der Waals surface area (Å²) >= 11 is 1.38. The van der Waals surface area contributed by atoms with Gasteiger partial charge in [0.25, 0.3) is 0 Å².